The molecular weight excluding hydrogens is 348 g/mol. The van der Waals surface area contributed by atoms with E-state index in [1.165, 1.54) is 22.5 Å². The van der Waals surface area contributed by atoms with Gasteiger partial charge >= 0.3 is 0 Å². The van der Waals surface area contributed by atoms with E-state index in [9.17, 15) is 4.79 Å². The minimum absolute atomic E-state index is 0.0730. The predicted octanol–water partition coefficient (Wildman–Crippen LogP) is 3.71. The first-order valence-electron chi connectivity index (χ1n) is 9.10. The van der Waals surface area contributed by atoms with Gasteiger partial charge in [0.15, 0.2) is 5.79 Å². The lowest BCUT2D eigenvalue weighted by Crippen LogP contribution is -2.47. The summed E-state index contributed by atoms with van der Waals surface area (Å²) < 4.78 is 11.5. The highest BCUT2D eigenvalue weighted by molar-refractivity contribution is 7.17. The van der Waals surface area contributed by atoms with Crippen LogP contribution in [-0.4, -0.2) is 47.9 Å². The number of likely N-dealkylation sites (tertiary alicyclic amines) is 1. The van der Waals surface area contributed by atoms with Crippen molar-refractivity contribution in [3.8, 4) is 10.6 Å². The standard InChI is InChI=1S/C20H24N2O3S/c1-13-4-5-16(14(2)12-13)18-21-15(3)17(26-18)19(23)22-8-6-20(7-9-22)24-10-11-25-20/h4-5,12H,6-11H2,1-3H3. The smallest absolute Gasteiger partial charge is 0.265 e. The number of rotatable bonds is 2. The van der Waals surface area contributed by atoms with Gasteiger partial charge in [-0.15, -0.1) is 11.3 Å². The highest BCUT2D eigenvalue weighted by atomic mass is 32.1. The molecule has 0 saturated carbocycles. The van der Waals surface area contributed by atoms with Crippen molar-refractivity contribution in [2.75, 3.05) is 26.3 Å². The van der Waals surface area contributed by atoms with Crippen molar-refractivity contribution in [2.24, 2.45) is 0 Å². The molecule has 0 atom stereocenters. The van der Waals surface area contributed by atoms with E-state index in [-0.39, 0.29) is 5.91 Å². The lowest BCUT2D eigenvalue weighted by molar-refractivity contribution is -0.181. The number of aromatic nitrogens is 1. The molecule has 0 bridgehead atoms. The Labute approximate surface area is 157 Å². The second kappa shape index (κ2) is 6.76. The van der Waals surface area contributed by atoms with E-state index in [0.29, 0.717) is 26.3 Å². The second-order valence-electron chi connectivity index (χ2n) is 7.15. The van der Waals surface area contributed by atoms with Crippen molar-refractivity contribution >= 4 is 17.2 Å². The number of ether oxygens (including phenoxy) is 2. The van der Waals surface area contributed by atoms with Gasteiger partial charge in [0.2, 0.25) is 0 Å². The Kier molecular flexibility index (Phi) is 4.59. The molecule has 6 heteroatoms. The number of thiazole rings is 1. The average molecular weight is 372 g/mol. The zero-order valence-electron chi connectivity index (χ0n) is 15.5. The highest BCUT2D eigenvalue weighted by Crippen LogP contribution is 2.34. The minimum Gasteiger partial charge on any atom is -0.347 e. The van der Waals surface area contributed by atoms with E-state index in [2.05, 4.69) is 37.0 Å². The summed E-state index contributed by atoms with van der Waals surface area (Å²) >= 11 is 1.49. The molecule has 2 aromatic rings. The van der Waals surface area contributed by atoms with Crippen molar-refractivity contribution in [1.82, 2.24) is 9.88 Å². The molecular formula is C20H24N2O3S. The summed E-state index contributed by atoms with van der Waals surface area (Å²) in [5, 5.41) is 0.916. The number of carbonyl (C=O) groups is 1. The van der Waals surface area contributed by atoms with E-state index in [1.54, 1.807) is 0 Å². The quantitative estimate of drug-likeness (QED) is 0.806. The molecule has 0 N–H and O–H groups in total. The Hall–Kier alpha value is -1.76. The largest absolute Gasteiger partial charge is 0.347 e. The van der Waals surface area contributed by atoms with E-state index in [0.717, 1.165) is 34.0 Å². The molecule has 1 amide bonds. The third-order valence-electron chi connectivity index (χ3n) is 5.23. The molecule has 2 saturated heterocycles. The van der Waals surface area contributed by atoms with E-state index in [4.69, 9.17) is 9.47 Å². The summed E-state index contributed by atoms with van der Waals surface area (Å²) in [7, 11) is 0. The van der Waals surface area contributed by atoms with Crippen LogP contribution in [0.25, 0.3) is 10.6 Å². The Bertz CT molecular complexity index is 830. The van der Waals surface area contributed by atoms with E-state index < -0.39 is 5.79 Å². The molecule has 0 radical (unpaired) electrons. The minimum atomic E-state index is -0.455. The fraction of sp³-hybridized carbons (Fsp3) is 0.500. The topological polar surface area (TPSA) is 51.7 Å². The van der Waals surface area contributed by atoms with Gasteiger partial charge in [0.25, 0.3) is 5.91 Å². The van der Waals surface area contributed by atoms with Crippen LogP contribution in [0.3, 0.4) is 0 Å². The third kappa shape index (κ3) is 3.17. The number of piperidine rings is 1. The molecule has 138 valence electrons. The molecule has 5 nitrogen and oxygen atoms in total. The summed E-state index contributed by atoms with van der Waals surface area (Å²) in [6.07, 6.45) is 1.47. The second-order valence-corrected chi connectivity index (χ2v) is 8.15. The van der Waals surface area contributed by atoms with Crippen LogP contribution in [0.5, 0.6) is 0 Å². The highest BCUT2D eigenvalue weighted by Gasteiger charge is 2.41. The lowest BCUT2D eigenvalue weighted by Gasteiger charge is -2.37. The van der Waals surface area contributed by atoms with Gasteiger partial charge in [0.1, 0.15) is 9.88 Å². The van der Waals surface area contributed by atoms with Crippen molar-refractivity contribution < 1.29 is 14.3 Å². The zero-order valence-corrected chi connectivity index (χ0v) is 16.3. The van der Waals surface area contributed by atoms with Gasteiger partial charge in [-0.1, -0.05) is 23.8 Å². The maximum Gasteiger partial charge on any atom is 0.265 e. The first kappa shape index (κ1) is 17.6. The van der Waals surface area contributed by atoms with Crippen LogP contribution in [-0.2, 0) is 9.47 Å². The predicted molar refractivity (Wildman–Crippen MR) is 102 cm³/mol. The number of hydrogen-bond donors (Lipinski definition) is 0. The van der Waals surface area contributed by atoms with Gasteiger partial charge in [0.05, 0.1) is 18.9 Å². The molecule has 1 aromatic heterocycles. The SMILES string of the molecule is Cc1ccc(-c2nc(C)c(C(=O)N3CCC4(CC3)OCCO4)s2)c(C)c1. The van der Waals surface area contributed by atoms with E-state index in [1.807, 2.05) is 11.8 Å². The maximum atomic E-state index is 13.0. The lowest BCUT2D eigenvalue weighted by atomic mass is 10.0. The van der Waals surface area contributed by atoms with Gasteiger partial charge in [-0.25, -0.2) is 4.98 Å². The first-order valence-corrected chi connectivity index (χ1v) is 9.91. The van der Waals surface area contributed by atoms with Crippen molar-refractivity contribution in [3.05, 3.63) is 39.9 Å². The molecule has 0 aliphatic carbocycles. The first-order chi connectivity index (χ1) is 12.5. The number of amides is 1. The average Bonchev–Trinajstić information content (AvgIpc) is 3.22. The van der Waals surface area contributed by atoms with Gasteiger partial charge in [-0.3, -0.25) is 4.79 Å². The Morgan fingerprint density at radius 3 is 2.50 bits per heavy atom. The monoisotopic (exact) mass is 372 g/mol. The Morgan fingerprint density at radius 2 is 1.85 bits per heavy atom. The van der Waals surface area contributed by atoms with E-state index >= 15 is 0 Å². The van der Waals surface area contributed by atoms with Crippen LogP contribution >= 0.6 is 11.3 Å². The number of nitrogens with zero attached hydrogens (tertiary/aromatic N) is 2. The summed E-state index contributed by atoms with van der Waals surface area (Å²) in [6.45, 7) is 8.73. The fourth-order valence-electron chi connectivity index (χ4n) is 3.74. The number of benzene rings is 1. The molecule has 0 unspecified atom stereocenters. The summed E-state index contributed by atoms with van der Waals surface area (Å²) in [4.78, 5) is 20.3. The van der Waals surface area contributed by atoms with Crippen molar-refractivity contribution in [2.45, 2.75) is 39.4 Å². The molecule has 3 heterocycles. The van der Waals surface area contributed by atoms with Gasteiger partial charge < -0.3 is 14.4 Å². The summed E-state index contributed by atoms with van der Waals surface area (Å²) in [5.74, 6) is -0.382. The molecule has 1 aromatic carbocycles. The van der Waals surface area contributed by atoms with Gasteiger partial charge in [0, 0.05) is 31.5 Å². The normalized spacial score (nSPS) is 19.3. The van der Waals surface area contributed by atoms with Crippen molar-refractivity contribution in [3.63, 3.8) is 0 Å². The van der Waals surface area contributed by atoms with Gasteiger partial charge in [-0.2, -0.15) is 0 Å². The third-order valence-corrected chi connectivity index (χ3v) is 6.41. The molecule has 1 spiro atoms. The van der Waals surface area contributed by atoms with Crippen LogP contribution in [0.1, 0.15) is 39.3 Å². The fourth-order valence-corrected chi connectivity index (χ4v) is 4.87. The van der Waals surface area contributed by atoms with Crippen LogP contribution in [0.15, 0.2) is 18.2 Å². The molecule has 2 aliphatic rings. The van der Waals surface area contributed by atoms with Crippen molar-refractivity contribution in [1.29, 1.82) is 0 Å². The summed E-state index contributed by atoms with van der Waals surface area (Å²) in [6, 6.07) is 6.34. The van der Waals surface area contributed by atoms with Gasteiger partial charge in [-0.05, 0) is 26.3 Å². The Morgan fingerprint density at radius 1 is 1.15 bits per heavy atom. The number of aryl methyl sites for hydroxylation is 3. The maximum absolute atomic E-state index is 13.0. The van der Waals surface area contributed by atoms with Crippen LogP contribution in [0, 0.1) is 20.8 Å². The number of carbonyl (C=O) groups excluding carboxylic acids is 1. The van der Waals surface area contributed by atoms with Crippen LogP contribution in [0.4, 0.5) is 0 Å². The molecule has 4 rings (SSSR count). The Balaban J connectivity index is 1.53. The zero-order chi connectivity index (χ0) is 18.3. The summed E-state index contributed by atoms with van der Waals surface area (Å²) in [5.41, 5.74) is 4.33. The molecule has 26 heavy (non-hydrogen) atoms. The van der Waals surface area contributed by atoms with Crippen LogP contribution < -0.4 is 0 Å². The molecule has 2 fully saturated rings. The molecule has 2 aliphatic heterocycles. The number of hydrogen-bond acceptors (Lipinski definition) is 5. The van der Waals surface area contributed by atoms with Crippen LogP contribution in [0.2, 0.25) is 0 Å².